The van der Waals surface area contributed by atoms with Crippen molar-refractivity contribution < 1.29 is 0 Å². The maximum absolute atomic E-state index is 6.12. The number of thiazole rings is 1. The fourth-order valence-corrected chi connectivity index (χ4v) is 4.76. The highest BCUT2D eigenvalue weighted by atomic mass is 32.1. The largest absolute Gasteiger partial charge is 0.368 e. The van der Waals surface area contributed by atoms with Crippen molar-refractivity contribution in [2.45, 2.75) is 0 Å². The third kappa shape index (κ3) is 2.92. The minimum Gasteiger partial charge on any atom is -0.368 e. The summed E-state index contributed by atoms with van der Waals surface area (Å²) in [5, 5.41) is 1.86. The molecular formula is C24H17N7S. The fourth-order valence-electron chi connectivity index (χ4n) is 4.05. The highest BCUT2D eigenvalue weighted by molar-refractivity contribution is 7.16. The zero-order chi connectivity index (χ0) is 21.7. The van der Waals surface area contributed by atoms with E-state index in [1.165, 1.54) is 0 Å². The lowest BCUT2D eigenvalue weighted by Crippen LogP contribution is -2.11. The summed E-state index contributed by atoms with van der Waals surface area (Å²) in [4.78, 5) is 24.4. The van der Waals surface area contributed by atoms with Crippen LogP contribution in [0.2, 0.25) is 0 Å². The number of aromatic nitrogens is 5. The van der Waals surface area contributed by atoms with Crippen LogP contribution in [0.3, 0.4) is 0 Å². The molecule has 0 fully saturated rings. The minimum absolute atomic E-state index is 0.226. The molecule has 0 aliphatic heterocycles. The van der Waals surface area contributed by atoms with Gasteiger partial charge in [0, 0.05) is 29.9 Å². The van der Waals surface area contributed by atoms with E-state index in [2.05, 4.69) is 48.0 Å². The van der Waals surface area contributed by atoms with E-state index in [1.807, 2.05) is 49.0 Å². The molecule has 8 heteroatoms. The molecule has 2 N–H and O–H groups in total. The fraction of sp³-hybridized carbons (Fsp3) is 0.0417. The number of hydrogen-bond donors (Lipinski definition) is 1. The van der Waals surface area contributed by atoms with Crippen molar-refractivity contribution in [3.8, 4) is 11.3 Å². The van der Waals surface area contributed by atoms with Gasteiger partial charge < -0.3 is 10.6 Å². The lowest BCUT2D eigenvalue weighted by molar-refractivity contribution is 1.20. The number of rotatable bonds is 3. The molecule has 0 aliphatic rings. The van der Waals surface area contributed by atoms with Crippen molar-refractivity contribution in [2.24, 2.45) is 0 Å². The molecule has 0 amide bonds. The highest BCUT2D eigenvalue weighted by Gasteiger charge is 2.18. The Morgan fingerprint density at radius 3 is 2.78 bits per heavy atom. The van der Waals surface area contributed by atoms with E-state index in [-0.39, 0.29) is 5.95 Å². The molecule has 0 aliphatic carbocycles. The van der Waals surface area contributed by atoms with Gasteiger partial charge in [-0.25, -0.2) is 24.9 Å². The van der Waals surface area contributed by atoms with E-state index in [0.717, 1.165) is 54.7 Å². The van der Waals surface area contributed by atoms with Gasteiger partial charge in [-0.05, 0) is 30.3 Å². The molecule has 0 saturated heterocycles. The molecule has 0 unspecified atom stereocenters. The monoisotopic (exact) mass is 435 g/mol. The number of anilines is 3. The summed E-state index contributed by atoms with van der Waals surface area (Å²) < 4.78 is 1.14. The van der Waals surface area contributed by atoms with Crippen LogP contribution in [0.1, 0.15) is 0 Å². The topological polar surface area (TPSA) is 93.7 Å². The van der Waals surface area contributed by atoms with E-state index in [9.17, 15) is 0 Å². The molecule has 3 aromatic carbocycles. The Kier molecular flexibility index (Phi) is 4.19. The number of benzene rings is 3. The first-order chi connectivity index (χ1) is 15.7. The van der Waals surface area contributed by atoms with Crippen LogP contribution < -0.4 is 10.6 Å². The summed E-state index contributed by atoms with van der Waals surface area (Å²) in [6, 6.07) is 18.3. The van der Waals surface area contributed by atoms with Gasteiger partial charge >= 0.3 is 0 Å². The summed E-state index contributed by atoms with van der Waals surface area (Å²) in [6.45, 7) is 0. The Balaban J connectivity index is 1.63. The molecule has 0 atom stereocenters. The zero-order valence-corrected chi connectivity index (χ0v) is 17.9. The van der Waals surface area contributed by atoms with Gasteiger partial charge in [-0.15, -0.1) is 11.3 Å². The predicted molar refractivity (Wildman–Crippen MR) is 130 cm³/mol. The van der Waals surface area contributed by atoms with Crippen LogP contribution in [-0.2, 0) is 0 Å². The lowest BCUT2D eigenvalue weighted by Gasteiger charge is -2.22. The normalized spacial score (nSPS) is 11.4. The van der Waals surface area contributed by atoms with Crippen molar-refractivity contribution in [2.75, 3.05) is 17.7 Å². The first-order valence-corrected chi connectivity index (χ1v) is 10.9. The third-order valence-electron chi connectivity index (χ3n) is 5.57. The second-order valence-electron chi connectivity index (χ2n) is 7.43. The summed E-state index contributed by atoms with van der Waals surface area (Å²) in [5.41, 5.74) is 14.3. The SMILES string of the molecule is CN(c1ccc2ncsc2c1)c1cccc2nc(N)nc(-c3cccc4cncnc34)c12. The average molecular weight is 436 g/mol. The van der Waals surface area contributed by atoms with Crippen LogP contribution in [-0.4, -0.2) is 32.0 Å². The van der Waals surface area contributed by atoms with Crippen molar-refractivity contribution in [1.82, 2.24) is 24.9 Å². The minimum atomic E-state index is 0.226. The van der Waals surface area contributed by atoms with Gasteiger partial charge in [0.05, 0.1) is 43.5 Å². The number of nitrogens with two attached hydrogens (primary N) is 1. The Morgan fingerprint density at radius 1 is 0.938 bits per heavy atom. The Morgan fingerprint density at radius 2 is 1.84 bits per heavy atom. The first kappa shape index (κ1) is 18.6. The molecule has 7 nitrogen and oxygen atoms in total. The van der Waals surface area contributed by atoms with Crippen molar-refractivity contribution in [3.05, 3.63) is 72.6 Å². The van der Waals surface area contributed by atoms with E-state index < -0.39 is 0 Å². The molecule has 3 heterocycles. The number of hydrogen-bond acceptors (Lipinski definition) is 8. The van der Waals surface area contributed by atoms with Gasteiger partial charge in [-0.3, -0.25) is 0 Å². The van der Waals surface area contributed by atoms with E-state index in [4.69, 9.17) is 5.73 Å². The Hall–Kier alpha value is -4.17. The molecule has 6 aromatic rings. The molecule has 0 radical (unpaired) electrons. The summed E-state index contributed by atoms with van der Waals surface area (Å²) >= 11 is 1.63. The van der Waals surface area contributed by atoms with Gasteiger partial charge in [-0.2, -0.15) is 0 Å². The standard InChI is InChI=1S/C24H17N7S/c1-31(15-8-9-17-20(10-15)32-13-28-17)19-7-3-6-18-21(19)23(30-24(25)29-18)16-5-2-4-14-11-26-12-27-22(14)16/h2-13H,1H3,(H2,25,29,30). The van der Waals surface area contributed by atoms with E-state index >= 15 is 0 Å². The van der Waals surface area contributed by atoms with Crippen molar-refractivity contribution in [1.29, 1.82) is 0 Å². The Labute approximate surface area is 187 Å². The van der Waals surface area contributed by atoms with Gasteiger partial charge in [-0.1, -0.05) is 24.3 Å². The van der Waals surface area contributed by atoms with Crippen molar-refractivity contribution in [3.63, 3.8) is 0 Å². The van der Waals surface area contributed by atoms with Crippen molar-refractivity contribution >= 4 is 60.7 Å². The molecule has 0 saturated carbocycles. The molecular weight excluding hydrogens is 418 g/mol. The zero-order valence-electron chi connectivity index (χ0n) is 17.1. The maximum atomic E-state index is 6.12. The van der Waals surface area contributed by atoms with Crippen LogP contribution >= 0.6 is 11.3 Å². The maximum Gasteiger partial charge on any atom is 0.221 e. The van der Waals surface area contributed by atoms with Gasteiger partial charge in [0.2, 0.25) is 5.95 Å². The highest BCUT2D eigenvalue weighted by Crippen LogP contribution is 2.39. The quantitative estimate of drug-likeness (QED) is 0.408. The van der Waals surface area contributed by atoms with Crippen LogP contribution in [0, 0.1) is 0 Å². The average Bonchev–Trinajstić information content (AvgIpc) is 3.30. The lowest BCUT2D eigenvalue weighted by atomic mass is 10.0. The number of nitrogens with zero attached hydrogens (tertiary/aromatic N) is 6. The van der Waals surface area contributed by atoms with Crippen LogP contribution in [0.25, 0.3) is 43.3 Å². The molecule has 154 valence electrons. The van der Waals surface area contributed by atoms with Gasteiger partial charge in [0.1, 0.15) is 6.33 Å². The molecule has 3 aromatic heterocycles. The second kappa shape index (κ2) is 7.21. The number of fused-ring (bicyclic) bond motifs is 3. The van der Waals surface area contributed by atoms with E-state index in [0.29, 0.717) is 0 Å². The van der Waals surface area contributed by atoms with Gasteiger partial charge in [0.25, 0.3) is 0 Å². The molecule has 0 spiro atoms. The Bertz CT molecular complexity index is 1620. The van der Waals surface area contributed by atoms with Crippen LogP contribution in [0.4, 0.5) is 17.3 Å². The number of para-hydroxylation sites is 1. The van der Waals surface area contributed by atoms with Crippen LogP contribution in [0.5, 0.6) is 0 Å². The first-order valence-electron chi connectivity index (χ1n) is 10.0. The molecule has 0 bridgehead atoms. The summed E-state index contributed by atoms with van der Waals surface area (Å²) in [6.07, 6.45) is 3.35. The van der Waals surface area contributed by atoms with Gasteiger partial charge in [0.15, 0.2) is 0 Å². The summed E-state index contributed by atoms with van der Waals surface area (Å²) in [5.74, 6) is 0.226. The smallest absolute Gasteiger partial charge is 0.221 e. The molecule has 6 rings (SSSR count). The van der Waals surface area contributed by atoms with Crippen LogP contribution in [0.15, 0.2) is 72.6 Å². The van der Waals surface area contributed by atoms with E-state index in [1.54, 1.807) is 23.9 Å². The third-order valence-corrected chi connectivity index (χ3v) is 6.36. The number of nitrogen functional groups attached to an aromatic ring is 1. The molecule has 32 heavy (non-hydrogen) atoms. The second-order valence-corrected chi connectivity index (χ2v) is 8.32. The predicted octanol–water partition coefficient (Wildman–Crippen LogP) is 5.20. The summed E-state index contributed by atoms with van der Waals surface area (Å²) in [7, 11) is 2.04.